The van der Waals surface area contributed by atoms with Gasteiger partial charge in [-0.3, -0.25) is 4.98 Å². The van der Waals surface area contributed by atoms with Crippen molar-refractivity contribution >= 4 is 23.0 Å². The highest BCUT2D eigenvalue weighted by atomic mass is 32.1. The van der Waals surface area contributed by atoms with Crippen molar-refractivity contribution in [3.63, 3.8) is 0 Å². The first-order valence-electron chi connectivity index (χ1n) is 6.78. The summed E-state index contributed by atoms with van der Waals surface area (Å²) in [6.07, 6.45) is 8.84. The fraction of sp³-hybridized carbons (Fsp3) is 0. The van der Waals surface area contributed by atoms with Crippen molar-refractivity contribution in [2.75, 3.05) is 0 Å². The van der Waals surface area contributed by atoms with Crippen LogP contribution in [0.3, 0.4) is 0 Å². The Bertz CT molecular complexity index is 1010. The number of hydrogen-bond acceptors (Lipinski definition) is 5. The van der Waals surface area contributed by atoms with Crippen molar-refractivity contribution in [3.8, 4) is 22.3 Å². The van der Waals surface area contributed by atoms with Crippen LogP contribution < -0.4 is 0 Å². The lowest BCUT2D eigenvalue weighted by Gasteiger charge is -2.01. The average molecular weight is 322 g/mol. The van der Waals surface area contributed by atoms with Gasteiger partial charge in [-0.15, -0.1) is 11.3 Å². The number of aromatic nitrogens is 4. The topological polar surface area (TPSA) is 80.4 Å². The monoisotopic (exact) mass is 322 g/mol. The minimum absolute atomic E-state index is 0.298. The maximum absolute atomic E-state index is 11.0. The molecule has 112 valence electrons. The van der Waals surface area contributed by atoms with Gasteiger partial charge in [0.1, 0.15) is 4.88 Å². The summed E-state index contributed by atoms with van der Waals surface area (Å²) in [6.45, 7) is 0. The lowest BCUT2D eigenvalue weighted by atomic mass is 10.1. The highest BCUT2D eigenvalue weighted by Gasteiger charge is 2.13. The second-order valence-electron chi connectivity index (χ2n) is 4.92. The van der Waals surface area contributed by atoms with E-state index in [1.165, 1.54) is 11.3 Å². The molecule has 0 aliphatic rings. The molecule has 0 saturated carbocycles. The van der Waals surface area contributed by atoms with Crippen LogP contribution in [0.4, 0.5) is 0 Å². The highest BCUT2D eigenvalue weighted by Crippen LogP contribution is 2.29. The summed E-state index contributed by atoms with van der Waals surface area (Å²) in [4.78, 5) is 19.9. The summed E-state index contributed by atoms with van der Waals surface area (Å²) in [5.74, 6) is -0.926. The molecule has 0 saturated heterocycles. The number of nitrogens with zero attached hydrogens (tertiary/aromatic N) is 4. The molecule has 0 aromatic carbocycles. The summed E-state index contributed by atoms with van der Waals surface area (Å²) < 4.78 is 1.69. The van der Waals surface area contributed by atoms with Crippen LogP contribution in [0.15, 0.2) is 54.6 Å². The second kappa shape index (κ2) is 5.29. The zero-order valence-corrected chi connectivity index (χ0v) is 12.6. The Kier molecular flexibility index (Phi) is 3.13. The van der Waals surface area contributed by atoms with Crippen molar-refractivity contribution in [2.45, 2.75) is 0 Å². The Morgan fingerprint density at radius 1 is 1.17 bits per heavy atom. The Morgan fingerprint density at radius 3 is 2.83 bits per heavy atom. The van der Waals surface area contributed by atoms with Gasteiger partial charge >= 0.3 is 5.97 Å². The molecular formula is C16H10N4O2S. The number of carbonyl (C=O) groups is 1. The highest BCUT2D eigenvalue weighted by molar-refractivity contribution is 7.12. The number of rotatable bonds is 3. The maximum atomic E-state index is 11.0. The maximum Gasteiger partial charge on any atom is 0.345 e. The number of aromatic carboxylic acids is 1. The van der Waals surface area contributed by atoms with Crippen LogP contribution >= 0.6 is 11.3 Å². The largest absolute Gasteiger partial charge is 0.477 e. The standard InChI is InChI=1S/C16H10N4O2S/c21-16(22)14-4-11(9-23-14)13-7-19-20-8-12(6-18-15(13)20)10-2-1-3-17-5-10/h1-9H,(H,21,22). The van der Waals surface area contributed by atoms with Crippen molar-refractivity contribution in [2.24, 2.45) is 0 Å². The van der Waals surface area contributed by atoms with E-state index in [4.69, 9.17) is 5.11 Å². The number of hydrogen-bond donors (Lipinski definition) is 1. The fourth-order valence-electron chi connectivity index (χ4n) is 2.35. The van der Waals surface area contributed by atoms with Crippen molar-refractivity contribution in [3.05, 3.63) is 59.4 Å². The first kappa shape index (κ1) is 13.6. The molecular weight excluding hydrogens is 312 g/mol. The third-order valence-corrected chi connectivity index (χ3v) is 4.39. The van der Waals surface area contributed by atoms with Crippen LogP contribution in [0.2, 0.25) is 0 Å². The van der Waals surface area contributed by atoms with E-state index in [0.717, 1.165) is 22.3 Å². The van der Waals surface area contributed by atoms with Gasteiger partial charge in [0.25, 0.3) is 0 Å². The van der Waals surface area contributed by atoms with Crippen LogP contribution in [0.1, 0.15) is 9.67 Å². The molecule has 0 spiro atoms. The number of pyridine rings is 1. The predicted molar refractivity (Wildman–Crippen MR) is 86.5 cm³/mol. The summed E-state index contributed by atoms with van der Waals surface area (Å²) in [5.41, 5.74) is 4.18. The van der Waals surface area contributed by atoms with Crippen molar-refractivity contribution in [1.82, 2.24) is 19.6 Å². The minimum atomic E-state index is -0.926. The van der Waals surface area contributed by atoms with Crippen molar-refractivity contribution in [1.29, 1.82) is 0 Å². The van der Waals surface area contributed by atoms with E-state index in [-0.39, 0.29) is 0 Å². The molecule has 0 radical (unpaired) electrons. The molecule has 0 aliphatic heterocycles. The average Bonchev–Trinajstić information content (AvgIpc) is 3.21. The predicted octanol–water partition coefficient (Wildman–Crippen LogP) is 3.22. The van der Waals surface area contributed by atoms with Gasteiger partial charge in [0.05, 0.1) is 6.20 Å². The number of carboxylic acids is 1. The molecule has 0 amide bonds. The fourth-order valence-corrected chi connectivity index (χ4v) is 3.10. The molecule has 0 bridgehead atoms. The lowest BCUT2D eigenvalue weighted by molar-refractivity contribution is 0.0702. The van der Waals surface area contributed by atoms with Gasteiger partial charge in [0.2, 0.25) is 0 Å². The molecule has 0 fully saturated rings. The van der Waals surface area contributed by atoms with Gasteiger partial charge in [-0.05, 0) is 23.1 Å². The van der Waals surface area contributed by atoms with E-state index in [1.807, 2.05) is 18.3 Å². The van der Waals surface area contributed by atoms with Crippen LogP contribution in [-0.4, -0.2) is 30.7 Å². The molecule has 1 N–H and O–H groups in total. The normalized spacial score (nSPS) is 11.0. The van der Waals surface area contributed by atoms with Gasteiger partial charge in [-0.25, -0.2) is 14.3 Å². The van der Waals surface area contributed by atoms with Crippen LogP contribution in [0, 0.1) is 0 Å². The van der Waals surface area contributed by atoms with E-state index in [2.05, 4.69) is 15.1 Å². The van der Waals surface area contributed by atoms with Crippen molar-refractivity contribution < 1.29 is 9.90 Å². The third-order valence-electron chi connectivity index (χ3n) is 3.47. The summed E-state index contributed by atoms with van der Waals surface area (Å²) >= 11 is 1.19. The molecule has 7 heteroatoms. The van der Waals surface area contributed by atoms with Gasteiger partial charge < -0.3 is 5.11 Å². The Labute approximate surface area is 134 Å². The Morgan fingerprint density at radius 2 is 2.09 bits per heavy atom. The summed E-state index contributed by atoms with van der Waals surface area (Å²) in [7, 11) is 0. The van der Waals surface area contributed by atoms with Gasteiger partial charge in [-0.1, -0.05) is 6.07 Å². The zero-order chi connectivity index (χ0) is 15.8. The lowest BCUT2D eigenvalue weighted by Crippen LogP contribution is -1.92. The van der Waals surface area contributed by atoms with E-state index in [0.29, 0.717) is 10.5 Å². The van der Waals surface area contributed by atoms with Gasteiger partial charge in [0.15, 0.2) is 5.65 Å². The molecule has 0 atom stereocenters. The molecule has 0 aliphatic carbocycles. The van der Waals surface area contributed by atoms with Crippen LogP contribution in [0.5, 0.6) is 0 Å². The quantitative estimate of drug-likeness (QED) is 0.626. The molecule has 4 aromatic rings. The number of thiophene rings is 1. The number of fused-ring (bicyclic) bond motifs is 1. The first-order valence-corrected chi connectivity index (χ1v) is 7.66. The van der Waals surface area contributed by atoms with E-state index in [1.54, 1.807) is 40.7 Å². The Hall–Kier alpha value is -3.06. The second-order valence-corrected chi connectivity index (χ2v) is 5.83. The third kappa shape index (κ3) is 2.36. The first-order chi connectivity index (χ1) is 11.2. The smallest absolute Gasteiger partial charge is 0.345 e. The molecule has 23 heavy (non-hydrogen) atoms. The van der Waals surface area contributed by atoms with E-state index < -0.39 is 5.97 Å². The van der Waals surface area contributed by atoms with Crippen LogP contribution in [0.25, 0.3) is 27.9 Å². The van der Waals surface area contributed by atoms with E-state index in [9.17, 15) is 4.79 Å². The molecule has 4 heterocycles. The minimum Gasteiger partial charge on any atom is -0.477 e. The Balaban J connectivity index is 1.80. The molecule has 0 unspecified atom stereocenters. The molecule has 6 nitrogen and oxygen atoms in total. The molecule has 4 aromatic heterocycles. The van der Waals surface area contributed by atoms with E-state index >= 15 is 0 Å². The SMILES string of the molecule is O=C(O)c1cc(-c2cnn3cc(-c4cccnc4)cnc23)cs1. The molecule has 4 rings (SSSR count). The van der Waals surface area contributed by atoms with Crippen LogP contribution in [-0.2, 0) is 0 Å². The number of carboxylic acid groups (broad SMARTS) is 1. The summed E-state index contributed by atoms with van der Waals surface area (Å²) in [6, 6.07) is 5.46. The zero-order valence-electron chi connectivity index (χ0n) is 11.7. The van der Waals surface area contributed by atoms with Gasteiger partial charge in [-0.2, -0.15) is 5.10 Å². The summed E-state index contributed by atoms with van der Waals surface area (Å²) in [5, 5.41) is 15.2. The van der Waals surface area contributed by atoms with Gasteiger partial charge in [0, 0.05) is 41.5 Å².